The molecule has 0 atom stereocenters. The molecule has 4 nitrogen and oxygen atoms in total. The minimum absolute atomic E-state index is 0. The Morgan fingerprint density at radius 2 is 1.71 bits per heavy atom. The second kappa shape index (κ2) is 6.56. The van der Waals surface area contributed by atoms with Gasteiger partial charge in [-0.3, -0.25) is 15.1 Å². The molecule has 0 fully saturated rings. The number of hydrogen-bond donors (Lipinski definition) is 0. The van der Waals surface area contributed by atoms with Crippen LogP contribution < -0.4 is 0 Å². The van der Waals surface area contributed by atoms with E-state index < -0.39 is 4.92 Å². The summed E-state index contributed by atoms with van der Waals surface area (Å²) >= 11 is 1.55. The Morgan fingerprint density at radius 3 is 2.43 bits per heavy atom. The number of rotatable bonds is 3. The normalized spacial score (nSPS) is 10.1. The van der Waals surface area contributed by atoms with Gasteiger partial charge in [0.05, 0.1) is 10.4 Å². The Labute approximate surface area is 131 Å². The maximum Gasteiger partial charge on any atom is 0.269 e. The number of nitrogens with zero attached hydrogens (tertiary/aromatic N) is 2. The van der Waals surface area contributed by atoms with Crippen LogP contribution in [0, 0.1) is 10.1 Å². The lowest BCUT2D eigenvalue weighted by Gasteiger charge is -2.05. The highest BCUT2D eigenvalue weighted by Gasteiger charge is 2.07. The van der Waals surface area contributed by atoms with E-state index in [1.165, 1.54) is 12.1 Å². The van der Waals surface area contributed by atoms with Gasteiger partial charge in [-0.25, -0.2) is 0 Å². The van der Waals surface area contributed by atoms with E-state index in [0.29, 0.717) is 0 Å². The van der Waals surface area contributed by atoms with Gasteiger partial charge in [-0.05, 0) is 24.3 Å². The molecule has 0 unspecified atom stereocenters. The molecule has 0 bridgehead atoms. The van der Waals surface area contributed by atoms with Crippen molar-refractivity contribution in [1.29, 1.82) is 0 Å². The monoisotopic (exact) mass is 318 g/mol. The van der Waals surface area contributed by atoms with Crippen molar-refractivity contribution in [3.05, 3.63) is 70.9 Å². The fourth-order valence-electron chi connectivity index (χ4n) is 1.92. The van der Waals surface area contributed by atoms with Crippen LogP contribution >= 0.6 is 24.2 Å². The SMILES string of the molecule is Cl.O=[N+]([O-])c1ccc(Sc2cccc3cccnc23)cc1. The van der Waals surface area contributed by atoms with E-state index in [9.17, 15) is 10.1 Å². The van der Waals surface area contributed by atoms with Crippen molar-refractivity contribution in [3.8, 4) is 0 Å². The van der Waals surface area contributed by atoms with Gasteiger partial charge in [-0.2, -0.15) is 0 Å². The number of nitro benzene ring substituents is 1. The largest absolute Gasteiger partial charge is 0.269 e. The van der Waals surface area contributed by atoms with Crippen LogP contribution in [0.2, 0.25) is 0 Å². The second-order valence-corrected chi connectivity index (χ2v) is 5.30. The number of halogens is 1. The first-order valence-corrected chi connectivity index (χ1v) is 6.82. The molecule has 0 N–H and O–H groups in total. The van der Waals surface area contributed by atoms with Crippen LogP contribution in [0.4, 0.5) is 5.69 Å². The zero-order valence-electron chi connectivity index (χ0n) is 10.8. The van der Waals surface area contributed by atoms with Crippen LogP contribution in [0.25, 0.3) is 10.9 Å². The maximum absolute atomic E-state index is 10.6. The van der Waals surface area contributed by atoms with Gasteiger partial charge in [-0.1, -0.05) is 30.0 Å². The number of aromatic nitrogens is 1. The van der Waals surface area contributed by atoms with Crippen molar-refractivity contribution < 1.29 is 4.92 Å². The van der Waals surface area contributed by atoms with Gasteiger partial charge < -0.3 is 0 Å². The van der Waals surface area contributed by atoms with Gasteiger partial charge >= 0.3 is 0 Å². The van der Waals surface area contributed by atoms with Crippen LogP contribution in [-0.2, 0) is 0 Å². The van der Waals surface area contributed by atoms with Crippen molar-refractivity contribution in [3.63, 3.8) is 0 Å². The van der Waals surface area contributed by atoms with E-state index >= 15 is 0 Å². The zero-order chi connectivity index (χ0) is 13.9. The summed E-state index contributed by atoms with van der Waals surface area (Å²) in [6.07, 6.45) is 1.77. The quantitative estimate of drug-likeness (QED) is 0.518. The summed E-state index contributed by atoms with van der Waals surface area (Å²) < 4.78 is 0. The number of fused-ring (bicyclic) bond motifs is 1. The zero-order valence-corrected chi connectivity index (χ0v) is 12.4. The van der Waals surface area contributed by atoms with Crippen molar-refractivity contribution in [2.24, 2.45) is 0 Å². The molecule has 3 aromatic rings. The van der Waals surface area contributed by atoms with Crippen molar-refractivity contribution >= 4 is 40.8 Å². The second-order valence-electron chi connectivity index (χ2n) is 4.18. The fraction of sp³-hybridized carbons (Fsp3) is 0. The third-order valence-electron chi connectivity index (χ3n) is 2.87. The number of para-hydroxylation sites is 1. The van der Waals surface area contributed by atoms with Gasteiger partial charge in [0.15, 0.2) is 0 Å². The summed E-state index contributed by atoms with van der Waals surface area (Å²) in [7, 11) is 0. The molecule has 3 rings (SSSR count). The Balaban J connectivity index is 0.00000161. The first-order chi connectivity index (χ1) is 9.74. The first kappa shape index (κ1) is 15.3. The molecule has 0 saturated heterocycles. The van der Waals surface area contributed by atoms with Gasteiger partial charge in [0.25, 0.3) is 5.69 Å². The third-order valence-corrected chi connectivity index (χ3v) is 3.93. The molecule has 0 aliphatic rings. The molecule has 0 saturated carbocycles. The van der Waals surface area contributed by atoms with Crippen molar-refractivity contribution in [2.75, 3.05) is 0 Å². The first-order valence-electron chi connectivity index (χ1n) is 6.00. The molecular weight excluding hydrogens is 308 g/mol. The van der Waals surface area contributed by atoms with Crippen molar-refractivity contribution in [1.82, 2.24) is 4.98 Å². The summed E-state index contributed by atoms with van der Waals surface area (Å²) in [6.45, 7) is 0. The molecule has 6 heteroatoms. The van der Waals surface area contributed by atoms with Gasteiger partial charge in [-0.15, -0.1) is 12.4 Å². The minimum Gasteiger partial charge on any atom is -0.258 e. The fourth-order valence-corrected chi connectivity index (χ4v) is 2.86. The highest BCUT2D eigenvalue weighted by molar-refractivity contribution is 7.99. The lowest BCUT2D eigenvalue weighted by molar-refractivity contribution is -0.384. The Hall–Kier alpha value is -2.11. The summed E-state index contributed by atoms with van der Waals surface area (Å²) in [4.78, 5) is 16.6. The predicted octanol–water partition coefficient (Wildman–Crippen LogP) is 4.72. The molecule has 0 spiro atoms. The average molecular weight is 319 g/mol. The number of hydrogen-bond acceptors (Lipinski definition) is 4. The van der Waals surface area contributed by atoms with Crippen LogP contribution in [0.1, 0.15) is 0 Å². The van der Waals surface area contributed by atoms with E-state index in [1.54, 1.807) is 30.1 Å². The standard InChI is InChI=1S/C15H10N2O2S.ClH/c18-17(19)12-6-8-13(9-7-12)20-14-5-1-3-11-4-2-10-16-15(11)14;/h1-10H;1H. The Bertz CT molecular complexity index is 773. The van der Waals surface area contributed by atoms with Gasteiger partial charge in [0, 0.05) is 33.5 Å². The molecule has 21 heavy (non-hydrogen) atoms. The Kier molecular flexibility index (Phi) is 4.77. The molecular formula is C15H11ClN2O2S. The van der Waals surface area contributed by atoms with Crippen LogP contribution in [-0.4, -0.2) is 9.91 Å². The van der Waals surface area contributed by atoms with E-state index in [-0.39, 0.29) is 18.1 Å². The third kappa shape index (κ3) is 3.32. The number of pyridine rings is 1. The van der Waals surface area contributed by atoms with Crippen LogP contribution in [0.3, 0.4) is 0 Å². The summed E-state index contributed by atoms with van der Waals surface area (Å²) in [5, 5.41) is 11.7. The molecule has 1 heterocycles. The maximum atomic E-state index is 10.6. The molecule has 0 aliphatic carbocycles. The van der Waals surface area contributed by atoms with E-state index in [4.69, 9.17) is 0 Å². The highest BCUT2D eigenvalue weighted by Crippen LogP contribution is 2.33. The topological polar surface area (TPSA) is 56.0 Å². The Morgan fingerprint density at radius 1 is 1.00 bits per heavy atom. The van der Waals surface area contributed by atoms with Gasteiger partial charge in [0.2, 0.25) is 0 Å². The summed E-state index contributed by atoms with van der Waals surface area (Å²) in [5.74, 6) is 0. The smallest absolute Gasteiger partial charge is 0.258 e. The van der Waals surface area contributed by atoms with E-state index in [0.717, 1.165) is 20.7 Å². The molecule has 0 aliphatic heterocycles. The number of nitro groups is 1. The predicted molar refractivity (Wildman–Crippen MR) is 86.2 cm³/mol. The molecule has 106 valence electrons. The summed E-state index contributed by atoms with van der Waals surface area (Å²) in [6, 6.07) is 16.5. The average Bonchev–Trinajstić information content (AvgIpc) is 2.48. The number of non-ortho nitro benzene ring substituents is 1. The van der Waals surface area contributed by atoms with Crippen LogP contribution in [0.5, 0.6) is 0 Å². The number of benzene rings is 2. The molecule has 1 aromatic heterocycles. The van der Waals surface area contributed by atoms with Crippen LogP contribution in [0.15, 0.2) is 70.6 Å². The minimum atomic E-state index is -0.395. The highest BCUT2D eigenvalue weighted by atomic mass is 35.5. The molecule has 2 aromatic carbocycles. The van der Waals surface area contributed by atoms with Gasteiger partial charge in [0.1, 0.15) is 0 Å². The lowest BCUT2D eigenvalue weighted by Crippen LogP contribution is -1.86. The lowest BCUT2D eigenvalue weighted by atomic mass is 10.2. The molecule has 0 amide bonds. The summed E-state index contributed by atoms with van der Waals surface area (Å²) in [5.41, 5.74) is 1.05. The van der Waals surface area contributed by atoms with E-state index in [1.807, 2.05) is 30.3 Å². The van der Waals surface area contributed by atoms with E-state index in [2.05, 4.69) is 4.98 Å². The molecule has 0 radical (unpaired) electrons. The van der Waals surface area contributed by atoms with Crippen molar-refractivity contribution in [2.45, 2.75) is 9.79 Å².